The molecule has 0 aromatic carbocycles. The maximum atomic E-state index is 2.35. The van der Waals surface area contributed by atoms with Crippen LogP contribution in [0.25, 0.3) is 0 Å². The second-order valence-corrected chi connectivity index (χ2v) is 7.10. The summed E-state index contributed by atoms with van der Waals surface area (Å²) in [6, 6.07) is 4.58. The lowest BCUT2D eigenvalue weighted by Crippen LogP contribution is -1.97. The van der Waals surface area contributed by atoms with E-state index in [-0.39, 0.29) is 0 Å². The van der Waals surface area contributed by atoms with Gasteiger partial charge in [-0.1, -0.05) is 84.1 Å². The first-order chi connectivity index (χ1) is 9.88. The lowest BCUT2D eigenvalue weighted by molar-refractivity contribution is 0.495. The Kier molecular flexibility index (Phi) is 11.0. The Balaban J connectivity index is 2.22. The van der Waals surface area contributed by atoms with Crippen molar-refractivity contribution in [1.29, 1.82) is 0 Å². The first-order valence-electron chi connectivity index (χ1n) is 8.91. The van der Waals surface area contributed by atoms with E-state index in [1.54, 1.807) is 4.88 Å². The molecule has 0 nitrogen and oxygen atoms in total. The van der Waals surface area contributed by atoms with Crippen LogP contribution in [0.5, 0.6) is 0 Å². The summed E-state index contributed by atoms with van der Waals surface area (Å²) >= 11 is 1.97. The summed E-state index contributed by atoms with van der Waals surface area (Å²) in [5.41, 5.74) is 0. The maximum Gasteiger partial charge on any atom is 0.00761 e. The fourth-order valence-corrected chi connectivity index (χ4v) is 3.84. The largest absolute Gasteiger partial charge is 0.149 e. The zero-order chi connectivity index (χ0) is 14.5. The lowest BCUT2D eigenvalue weighted by Gasteiger charge is -2.15. The third-order valence-electron chi connectivity index (χ3n) is 4.26. The van der Waals surface area contributed by atoms with Crippen LogP contribution in [-0.2, 0) is 0 Å². The number of unbranched alkanes of at least 4 members (excludes halogenated alkanes) is 8. The first kappa shape index (κ1) is 17.8. The van der Waals surface area contributed by atoms with Gasteiger partial charge in [0.25, 0.3) is 0 Å². The van der Waals surface area contributed by atoms with Gasteiger partial charge < -0.3 is 0 Å². The highest BCUT2D eigenvalue weighted by Gasteiger charge is 2.11. The van der Waals surface area contributed by atoms with E-state index in [0.29, 0.717) is 0 Å². The SMILES string of the molecule is CCCCCCCC(CCCCCCC)c1cccs1. The molecule has 116 valence electrons. The van der Waals surface area contributed by atoms with Crippen LogP contribution in [0.15, 0.2) is 17.5 Å². The van der Waals surface area contributed by atoms with E-state index in [1.165, 1.54) is 77.0 Å². The third-order valence-corrected chi connectivity index (χ3v) is 5.29. The Morgan fingerprint density at radius 3 is 1.80 bits per heavy atom. The predicted molar refractivity (Wildman–Crippen MR) is 93.8 cm³/mol. The molecule has 0 radical (unpaired) electrons. The summed E-state index contributed by atoms with van der Waals surface area (Å²) in [5, 5.41) is 2.25. The van der Waals surface area contributed by atoms with Crippen LogP contribution < -0.4 is 0 Å². The minimum atomic E-state index is 0.846. The summed E-state index contributed by atoms with van der Waals surface area (Å²) in [7, 11) is 0. The fraction of sp³-hybridized carbons (Fsp3) is 0.789. The summed E-state index contributed by atoms with van der Waals surface area (Å²) in [6.45, 7) is 4.59. The standard InChI is InChI=1S/C19H34S/c1-3-5-7-9-11-14-18(19-16-13-17-20-19)15-12-10-8-6-4-2/h13,16-18H,3-12,14-15H2,1-2H3. The molecule has 1 rings (SSSR count). The van der Waals surface area contributed by atoms with Crippen molar-refractivity contribution in [1.82, 2.24) is 0 Å². The Bertz CT molecular complexity index is 275. The van der Waals surface area contributed by atoms with Gasteiger partial charge in [-0.05, 0) is 30.2 Å². The van der Waals surface area contributed by atoms with Crippen molar-refractivity contribution in [3.63, 3.8) is 0 Å². The average molecular weight is 295 g/mol. The van der Waals surface area contributed by atoms with Gasteiger partial charge in [-0.3, -0.25) is 0 Å². The minimum Gasteiger partial charge on any atom is -0.149 e. The van der Waals surface area contributed by atoms with Crippen molar-refractivity contribution in [2.24, 2.45) is 0 Å². The average Bonchev–Trinajstić information content (AvgIpc) is 2.98. The molecule has 1 aromatic rings. The van der Waals surface area contributed by atoms with E-state index in [0.717, 1.165) is 5.92 Å². The number of hydrogen-bond donors (Lipinski definition) is 0. The Hall–Kier alpha value is -0.300. The van der Waals surface area contributed by atoms with Crippen LogP contribution in [0, 0.1) is 0 Å². The van der Waals surface area contributed by atoms with Crippen LogP contribution in [-0.4, -0.2) is 0 Å². The molecule has 0 spiro atoms. The van der Waals surface area contributed by atoms with Crippen LogP contribution in [0.3, 0.4) is 0 Å². The van der Waals surface area contributed by atoms with Crippen LogP contribution in [0.2, 0.25) is 0 Å². The molecular formula is C19H34S. The van der Waals surface area contributed by atoms with Gasteiger partial charge in [-0.25, -0.2) is 0 Å². The molecule has 0 aliphatic rings. The highest BCUT2D eigenvalue weighted by Crippen LogP contribution is 2.31. The van der Waals surface area contributed by atoms with Crippen molar-refractivity contribution in [3.8, 4) is 0 Å². The fourth-order valence-electron chi connectivity index (χ4n) is 2.94. The topological polar surface area (TPSA) is 0 Å². The normalized spacial score (nSPS) is 11.3. The molecule has 0 unspecified atom stereocenters. The van der Waals surface area contributed by atoms with Crippen molar-refractivity contribution in [2.75, 3.05) is 0 Å². The van der Waals surface area contributed by atoms with E-state index in [4.69, 9.17) is 0 Å². The molecule has 1 aromatic heterocycles. The predicted octanol–water partition coefficient (Wildman–Crippen LogP) is 7.55. The second kappa shape index (κ2) is 12.4. The molecule has 0 atom stereocenters. The van der Waals surface area contributed by atoms with Gasteiger partial charge in [-0.15, -0.1) is 11.3 Å². The quantitative estimate of drug-likeness (QED) is 0.329. The highest BCUT2D eigenvalue weighted by molar-refractivity contribution is 7.10. The van der Waals surface area contributed by atoms with E-state index in [1.807, 2.05) is 11.3 Å². The van der Waals surface area contributed by atoms with E-state index < -0.39 is 0 Å². The van der Waals surface area contributed by atoms with Gasteiger partial charge in [0.2, 0.25) is 0 Å². The van der Waals surface area contributed by atoms with E-state index in [9.17, 15) is 0 Å². The number of hydrogen-bond acceptors (Lipinski definition) is 1. The Morgan fingerprint density at radius 2 is 1.35 bits per heavy atom. The van der Waals surface area contributed by atoms with Gasteiger partial charge in [0.1, 0.15) is 0 Å². The second-order valence-electron chi connectivity index (χ2n) is 6.12. The molecule has 20 heavy (non-hydrogen) atoms. The molecule has 0 aliphatic heterocycles. The Labute approximate surface area is 131 Å². The van der Waals surface area contributed by atoms with Crippen LogP contribution in [0.4, 0.5) is 0 Å². The van der Waals surface area contributed by atoms with E-state index in [2.05, 4.69) is 31.4 Å². The summed E-state index contributed by atoms with van der Waals surface area (Å²) in [6.07, 6.45) is 17.0. The number of thiophene rings is 1. The smallest absolute Gasteiger partial charge is 0.00761 e. The molecule has 0 saturated heterocycles. The van der Waals surface area contributed by atoms with E-state index >= 15 is 0 Å². The van der Waals surface area contributed by atoms with Gasteiger partial charge >= 0.3 is 0 Å². The van der Waals surface area contributed by atoms with Crippen LogP contribution in [0.1, 0.15) is 102 Å². The zero-order valence-electron chi connectivity index (χ0n) is 13.7. The summed E-state index contributed by atoms with van der Waals surface area (Å²) in [5.74, 6) is 0.846. The third kappa shape index (κ3) is 8.09. The van der Waals surface area contributed by atoms with Gasteiger partial charge in [0.05, 0.1) is 0 Å². The van der Waals surface area contributed by atoms with Gasteiger partial charge in [0, 0.05) is 4.88 Å². The molecule has 0 aliphatic carbocycles. The molecule has 0 saturated carbocycles. The van der Waals surface area contributed by atoms with Gasteiger partial charge in [0.15, 0.2) is 0 Å². The molecular weight excluding hydrogens is 260 g/mol. The maximum absolute atomic E-state index is 2.35. The zero-order valence-corrected chi connectivity index (χ0v) is 14.5. The van der Waals surface area contributed by atoms with Gasteiger partial charge in [-0.2, -0.15) is 0 Å². The molecule has 0 amide bonds. The van der Waals surface area contributed by atoms with Crippen LogP contribution >= 0.6 is 11.3 Å². The van der Waals surface area contributed by atoms with Crippen molar-refractivity contribution >= 4 is 11.3 Å². The monoisotopic (exact) mass is 294 g/mol. The number of rotatable bonds is 13. The first-order valence-corrected chi connectivity index (χ1v) is 9.79. The minimum absolute atomic E-state index is 0.846. The lowest BCUT2D eigenvalue weighted by atomic mass is 9.93. The highest BCUT2D eigenvalue weighted by atomic mass is 32.1. The summed E-state index contributed by atoms with van der Waals surface area (Å²) in [4.78, 5) is 1.64. The summed E-state index contributed by atoms with van der Waals surface area (Å²) < 4.78 is 0. The molecule has 0 N–H and O–H groups in total. The van der Waals surface area contributed by atoms with Crippen molar-refractivity contribution < 1.29 is 0 Å². The molecule has 0 fully saturated rings. The van der Waals surface area contributed by atoms with Crippen molar-refractivity contribution in [2.45, 2.75) is 96.8 Å². The Morgan fingerprint density at radius 1 is 0.800 bits per heavy atom. The molecule has 0 bridgehead atoms. The van der Waals surface area contributed by atoms with Crippen molar-refractivity contribution in [3.05, 3.63) is 22.4 Å². The molecule has 1 heterocycles. The molecule has 1 heteroatoms.